The van der Waals surface area contributed by atoms with Crippen molar-refractivity contribution >= 4 is 41.7 Å². The van der Waals surface area contributed by atoms with Crippen LogP contribution in [0.2, 0.25) is 0 Å². The van der Waals surface area contributed by atoms with E-state index in [2.05, 4.69) is 30.7 Å². The molecule has 1 fully saturated rings. The second-order valence-corrected chi connectivity index (χ2v) is 7.11. The number of hydrogen-bond acceptors (Lipinski definition) is 3. The first-order valence-electron chi connectivity index (χ1n) is 8.85. The van der Waals surface area contributed by atoms with E-state index in [1.54, 1.807) is 0 Å². The van der Waals surface area contributed by atoms with Crippen molar-refractivity contribution in [1.29, 1.82) is 0 Å². The lowest BCUT2D eigenvalue weighted by molar-refractivity contribution is 0.107. The summed E-state index contributed by atoms with van der Waals surface area (Å²) in [4.78, 5) is 4.88. The fraction of sp³-hybridized carbons (Fsp3) is 0.941. The van der Waals surface area contributed by atoms with Gasteiger partial charge in [-0.2, -0.15) is 11.8 Å². The van der Waals surface area contributed by atoms with E-state index in [-0.39, 0.29) is 24.0 Å². The molecule has 6 heteroatoms. The largest absolute Gasteiger partial charge is 0.382 e. The van der Waals surface area contributed by atoms with E-state index in [4.69, 9.17) is 9.73 Å². The molecule has 0 unspecified atom stereocenters. The Morgan fingerprint density at radius 1 is 1.22 bits per heavy atom. The first-order chi connectivity index (χ1) is 10.8. The van der Waals surface area contributed by atoms with Gasteiger partial charge in [-0.1, -0.05) is 12.8 Å². The van der Waals surface area contributed by atoms with Crippen molar-refractivity contribution in [2.75, 3.05) is 44.9 Å². The smallest absolute Gasteiger partial charge is 0.191 e. The second-order valence-electron chi connectivity index (χ2n) is 6.12. The summed E-state index contributed by atoms with van der Waals surface area (Å²) in [6, 6.07) is 0. The minimum absolute atomic E-state index is 0. The molecule has 0 aromatic carbocycles. The summed E-state index contributed by atoms with van der Waals surface area (Å²) in [6.45, 7) is 8.74. The SMILES string of the molecule is CCNC(=NCC1(CCOCC)CCCC1)NCCCSC.I. The fourth-order valence-electron chi connectivity index (χ4n) is 3.06. The number of rotatable bonds is 11. The molecule has 0 spiro atoms. The standard InChI is InChI=1S/C17H35N3OS.HI/c1-4-18-16(19-12-8-14-22-3)20-15-17(9-6-7-10-17)11-13-21-5-2;/h4-15H2,1-3H3,(H2,18,19,20);1H. The minimum Gasteiger partial charge on any atom is -0.382 e. The first kappa shape index (κ1) is 23.3. The number of ether oxygens (including phenoxy) is 1. The summed E-state index contributed by atoms with van der Waals surface area (Å²) in [6.07, 6.45) is 9.78. The Morgan fingerprint density at radius 2 is 1.96 bits per heavy atom. The Labute approximate surface area is 164 Å². The molecule has 23 heavy (non-hydrogen) atoms. The zero-order valence-corrected chi connectivity index (χ0v) is 18.3. The third-order valence-electron chi connectivity index (χ3n) is 4.38. The van der Waals surface area contributed by atoms with Gasteiger partial charge in [0.15, 0.2) is 5.96 Å². The average Bonchev–Trinajstić information content (AvgIpc) is 2.98. The Kier molecular flexibility index (Phi) is 14.8. The van der Waals surface area contributed by atoms with Gasteiger partial charge in [0, 0.05) is 32.8 Å². The molecule has 0 aliphatic heterocycles. The fourth-order valence-corrected chi connectivity index (χ4v) is 3.49. The number of thioether (sulfide) groups is 1. The molecule has 0 radical (unpaired) electrons. The number of aliphatic imine (C=N–C) groups is 1. The summed E-state index contributed by atoms with van der Waals surface area (Å²) in [5.74, 6) is 2.18. The number of hydrogen-bond donors (Lipinski definition) is 2. The van der Waals surface area contributed by atoms with Gasteiger partial charge in [-0.05, 0) is 57.0 Å². The quantitative estimate of drug-likeness (QED) is 0.214. The lowest BCUT2D eigenvalue weighted by Crippen LogP contribution is -2.39. The van der Waals surface area contributed by atoms with Crippen LogP contribution in [-0.2, 0) is 4.74 Å². The Balaban J connectivity index is 0.00000484. The summed E-state index contributed by atoms with van der Waals surface area (Å²) in [7, 11) is 0. The number of nitrogens with zero attached hydrogens (tertiary/aromatic N) is 1. The molecule has 0 saturated heterocycles. The molecule has 1 rings (SSSR count). The molecule has 0 bridgehead atoms. The van der Waals surface area contributed by atoms with Crippen molar-refractivity contribution in [1.82, 2.24) is 10.6 Å². The van der Waals surface area contributed by atoms with E-state index in [9.17, 15) is 0 Å². The highest BCUT2D eigenvalue weighted by molar-refractivity contribution is 14.0. The topological polar surface area (TPSA) is 45.7 Å². The third-order valence-corrected chi connectivity index (χ3v) is 5.08. The van der Waals surface area contributed by atoms with Crippen molar-refractivity contribution in [3.05, 3.63) is 0 Å². The van der Waals surface area contributed by atoms with Crippen LogP contribution in [-0.4, -0.2) is 50.8 Å². The molecule has 138 valence electrons. The molecule has 1 saturated carbocycles. The van der Waals surface area contributed by atoms with E-state index >= 15 is 0 Å². The molecule has 0 atom stereocenters. The monoisotopic (exact) mass is 457 g/mol. The van der Waals surface area contributed by atoms with Gasteiger partial charge < -0.3 is 15.4 Å². The van der Waals surface area contributed by atoms with Crippen LogP contribution in [0.3, 0.4) is 0 Å². The maximum absolute atomic E-state index is 5.58. The van der Waals surface area contributed by atoms with Crippen LogP contribution >= 0.6 is 35.7 Å². The molecule has 2 N–H and O–H groups in total. The van der Waals surface area contributed by atoms with Crippen molar-refractivity contribution in [2.24, 2.45) is 10.4 Å². The van der Waals surface area contributed by atoms with Crippen LogP contribution in [0.4, 0.5) is 0 Å². The zero-order chi connectivity index (χ0) is 16.1. The summed E-state index contributed by atoms with van der Waals surface area (Å²) < 4.78 is 5.58. The van der Waals surface area contributed by atoms with Crippen LogP contribution < -0.4 is 10.6 Å². The number of nitrogens with one attached hydrogen (secondary N) is 2. The van der Waals surface area contributed by atoms with Gasteiger partial charge in [0.25, 0.3) is 0 Å². The Bertz CT molecular complexity index is 310. The Hall–Kier alpha value is 0.310. The van der Waals surface area contributed by atoms with Crippen LogP contribution in [0.15, 0.2) is 4.99 Å². The first-order valence-corrected chi connectivity index (χ1v) is 10.2. The van der Waals surface area contributed by atoms with E-state index in [0.29, 0.717) is 5.41 Å². The molecule has 0 aromatic heterocycles. The van der Waals surface area contributed by atoms with Crippen LogP contribution in [0.25, 0.3) is 0 Å². The van der Waals surface area contributed by atoms with Crippen LogP contribution in [0.1, 0.15) is 52.4 Å². The second kappa shape index (κ2) is 14.6. The highest BCUT2D eigenvalue weighted by atomic mass is 127. The third kappa shape index (κ3) is 10.0. The van der Waals surface area contributed by atoms with Gasteiger partial charge in [0.2, 0.25) is 0 Å². The van der Waals surface area contributed by atoms with Gasteiger partial charge in [-0.15, -0.1) is 24.0 Å². The lowest BCUT2D eigenvalue weighted by atomic mass is 9.83. The zero-order valence-electron chi connectivity index (χ0n) is 15.2. The van der Waals surface area contributed by atoms with Gasteiger partial charge in [-0.3, -0.25) is 4.99 Å². The predicted octanol–water partition coefficient (Wildman–Crippen LogP) is 3.90. The van der Waals surface area contributed by atoms with Crippen molar-refractivity contribution in [3.63, 3.8) is 0 Å². The molecular weight excluding hydrogens is 421 g/mol. The van der Waals surface area contributed by atoms with Crippen LogP contribution in [0.5, 0.6) is 0 Å². The van der Waals surface area contributed by atoms with Crippen molar-refractivity contribution in [3.8, 4) is 0 Å². The van der Waals surface area contributed by atoms with Gasteiger partial charge in [-0.25, -0.2) is 0 Å². The molecule has 4 nitrogen and oxygen atoms in total. The molecule has 1 aliphatic rings. The minimum atomic E-state index is 0. The van der Waals surface area contributed by atoms with Gasteiger partial charge in [0.1, 0.15) is 0 Å². The highest BCUT2D eigenvalue weighted by Gasteiger charge is 2.33. The van der Waals surface area contributed by atoms with E-state index in [1.807, 2.05) is 11.8 Å². The van der Waals surface area contributed by atoms with Crippen molar-refractivity contribution in [2.45, 2.75) is 52.4 Å². The maximum Gasteiger partial charge on any atom is 0.191 e. The van der Waals surface area contributed by atoms with Crippen LogP contribution in [0, 0.1) is 5.41 Å². The Morgan fingerprint density at radius 3 is 2.57 bits per heavy atom. The highest BCUT2D eigenvalue weighted by Crippen LogP contribution is 2.41. The number of halogens is 1. The van der Waals surface area contributed by atoms with Gasteiger partial charge >= 0.3 is 0 Å². The number of guanidine groups is 1. The average molecular weight is 457 g/mol. The van der Waals surface area contributed by atoms with E-state index in [0.717, 1.165) is 45.2 Å². The summed E-state index contributed by atoms with van der Waals surface area (Å²) >= 11 is 1.90. The molecule has 0 heterocycles. The van der Waals surface area contributed by atoms with Gasteiger partial charge in [0.05, 0.1) is 0 Å². The molecule has 1 aliphatic carbocycles. The maximum atomic E-state index is 5.58. The van der Waals surface area contributed by atoms with Crippen molar-refractivity contribution < 1.29 is 4.74 Å². The van der Waals surface area contributed by atoms with E-state index in [1.165, 1.54) is 37.9 Å². The predicted molar refractivity (Wildman–Crippen MR) is 114 cm³/mol. The lowest BCUT2D eigenvalue weighted by Gasteiger charge is -2.27. The summed E-state index contributed by atoms with van der Waals surface area (Å²) in [5, 5.41) is 6.83. The van der Waals surface area contributed by atoms with E-state index < -0.39 is 0 Å². The molecular formula is C17H36IN3OS. The molecule has 0 amide bonds. The summed E-state index contributed by atoms with van der Waals surface area (Å²) in [5.41, 5.74) is 0.372. The normalized spacial score (nSPS) is 16.9. The molecule has 0 aromatic rings.